The molecule has 6 rings (SSSR count). The molecule has 4 aromatic rings. The van der Waals surface area contributed by atoms with E-state index in [0.29, 0.717) is 56.9 Å². The van der Waals surface area contributed by atoms with Gasteiger partial charge in [0.15, 0.2) is 23.1 Å². The summed E-state index contributed by atoms with van der Waals surface area (Å²) in [5, 5.41) is 14.1. The number of likely N-dealkylation sites (tertiary alicyclic amines) is 1. The Hall–Kier alpha value is -3.84. The Morgan fingerprint density at radius 3 is 2.61 bits per heavy atom. The third-order valence-electron chi connectivity index (χ3n) is 8.67. The van der Waals surface area contributed by atoms with Crippen LogP contribution in [0.5, 0.6) is 17.2 Å². The number of hydrogen-bond donors (Lipinski definition) is 1. The van der Waals surface area contributed by atoms with Crippen LogP contribution < -0.4 is 19.5 Å². The van der Waals surface area contributed by atoms with Gasteiger partial charge in [0.05, 0.1) is 46.9 Å². The molecule has 2 fully saturated rings. The van der Waals surface area contributed by atoms with Crippen LogP contribution in [0.1, 0.15) is 36.9 Å². The smallest absolute Gasteiger partial charge is 0.167 e. The molecule has 44 heavy (non-hydrogen) atoms. The standard InChI is InChI=1S/C33H32Cl2FN5O3/c1-41-8-6-33(7-9-41)14-20(15-33)18-43-30-13-26-23(10-29(30)42-2)32(21(16-37)17-38-26)40-27-12-25(36)28(11-24(27)34)44-19-22-4-3-5-31(35)39-22/h3-5,10-13,17,20H,6-9,14-15,18-19H2,1-2H3,(H,38,40). The Morgan fingerprint density at radius 1 is 1.09 bits per heavy atom. The maximum atomic E-state index is 15.1. The van der Waals surface area contributed by atoms with Gasteiger partial charge in [-0.05, 0) is 75.4 Å². The molecule has 1 saturated carbocycles. The maximum Gasteiger partial charge on any atom is 0.167 e. The lowest BCUT2D eigenvalue weighted by atomic mass is 9.58. The first-order chi connectivity index (χ1) is 21.3. The van der Waals surface area contributed by atoms with E-state index in [-0.39, 0.29) is 28.6 Å². The molecule has 0 radical (unpaired) electrons. The summed E-state index contributed by atoms with van der Waals surface area (Å²) in [5.41, 5.74) is 2.55. The molecule has 0 bridgehead atoms. The fourth-order valence-corrected chi connectivity index (χ4v) is 6.62. The van der Waals surface area contributed by atoms with Gasteiger partial charge in [0, 0.05) is 29.8 Å². The summed E-state index contributed by atoms with van der Waals surface area (Å²) in [4.78, 5) is 11.0. The molecular weight excluding hydrogens is 604 g/mol. The van der Waals surface area contributed by atoms with Gasteiger partial charge in [-0.3, -0.25) is 4.98 Å². The van der Waals surface area contributed by atoms with Crippen LogP contribution in [-0.4, -0.2) is 48.7 Å². The van der Waals surface area contributed by atoms with Crippen LogP contribution in [0.15, 0.2) is 48.7 Å². The highest BCUT2D eigenvalue weighted by molar-refractivity contribution is 6.33. The summed E-state index contributed by atoms with van der Waals surface area (Å²) in [7, 11) is 3.76. The fourth-order valence-electron chi connectivity index (χ4n) is 6.24. The van der Waals surface area contributed by atoms with Gasteiger partial charge in [0.1, 0.15) is 17.8 Å². The van der Waals surface area contributed by atoms with Gasteiger partial charge in [0.25, 0.3) is 0 Å². The Balaban J connectivity index is 1.20. The summed E-state index contributed by atoms with van der Waals surface area (Å²) in [6.07, 6.45) is 6.35. The molecule has 1 aliphatic carbocycles. The van der Waals surface area contributed by atoms with Crippen molar-refractivity contribution in [3.05, 3.63) is 75.9 Å². The first-order valence-electron chi connectivity index (χ1n) is 14.5. The Labute approximate surface area is 265 Å². The molecule has 3 heterocycles. The van der Waals surface area contributed by atoms with Crippen LogP contribution in [0.25, 0.3) is 10.9 Å². The van der Waals surface area contributed by atoms with Crippen LogP contribution in [0.3, 0.4) is 0 Å². The van der Waals surface area contributed by atoms with Crippen LogP contribution in [-0.2, 0) is 6.61 Å². The van der Waals surface area contributed by atoms with Crippen molar-refractivity contribution in [2.75, 3.05) is 39.2 Å². The second-order valence-corrected chi connectivity index (χ2v) is 12.5. The summed E-state index contributed by atoms with van der Waals surface area (Å²) in [6, 6.07) is 13.5. The van der Waals surface area contributed by atoms with Crippen LogP contribution >= 0.6 is 23.2 Å². The molecule has 11 heteroatoms. The highest BCUT2D eigenvalue weighted by Crippen LogP contribution is 2.52. The van der Waals surface area contributed by atoms with E-state index >= 15 is 4.39 Å². The maximum absolute atomic E-state index is 15.1. The molecule has 0 atom stereocenters. The third-order valence-corrected chi connectivity index (χ3v) is 9.19. The molecule has 1 N–H and O–H groups in total. The monoisotopic (exact) mass is 635 g/mol. The third kappa shape index (κ3) is 6.34. The van der Waals surface area contributed by atoms with Gasteiger partial charge in [-0.15, -0.1) is 0 Å². The second-order valence-electron chi connectivity index (χ2n) is 11.7. The number of rotatable bonds is 9. The van der Waals surface area contributed by atoms with Crippen LogP contribution in [0.4, 0.5) is 15.8 Å². The highest BCUT2D eigenvalue weighted by Gasteiger charge is 2.45. The molecular formula is C33H32Cl2FN5O3. The molecule has 228 valence electrons. The van der Waals surface area contributed by atoms with Gasteiger partial charge in [-0.2, -0.15) is 5.26 Å². The lowest BCUT2D eigenvalue weighted by Crippen LogP contribution is -2.47. The lowest BCUT2D eigenvalue weighted by Gasteiger charge is -2.51. The van der Waals surface area contributed by atoms with E-state index in [0.717, 1.165) is 13.1 Å². The van der Waals surface area contributed by atoms with E-state index in [2.05, 4.69) is 33.3 Å². The average Bonchev–Trinajstić information content (AvgIpc) is 3.00. The molecule has 2 aromatic carbocycles. The fraction of sp³-hybridized carbons (Fsp3) is 0.364. The van der Waals surface area contributed by atoms with Crippen molar-refractivity contribution >= 4 is 45.5 Å². The number of nitriles is 1. The quantitative estimate of drug-likeness (QED) is 0.186. The predicted octanol–water partition coefficient (Wildman–Crippen LogP) is 7.78. The Bertz CT molecular complexity index is 1730. The molecule has 8 nitrogen and oxygen atoms in total. The van der Waals surface area contributed by atoms with Crippen molar-refractivity contribution < 1.29 is 18.6 Å². The van der Waals surface area contributed by atoms with Crippen molar-refractivity contribution in [2.24, 2.45) is 11.3 Å². The van der Waals surface area contributed by atoms with Gasteiger partial charge in [0.2, 0.25) is 0 Å². The van der Waals surface area contributed by atoms with Crippen molar-refractivity contribution in [2.45, 2.75) is 32.3 Å². The zero-order valence-corrected chi connectivity index (χ0v) is 26.0. The van der Waals surface area contributed by atoms with E-state index in [4.69, 9.17) is 37.4 Å². The SMILES string of the molecule is COc1cc2c(Nc3cc(F)c(OCc4cccc(Cl)n4)cc3Cl)c(C#N)cnc2cc1OCC1CC2(CCN(C)CC2)C1. The van der Waals surface area contributed by atoms with Gasteiger partial charge >= 0.3 is 0 Å². The van der Waals surface area contributed by atoms with E-state index in [1.165, 1.54) is 44.0 Å². The van der Waals surface area contributed by atoms with Crippen molar-refractivity contribution in [3.63, 3.8) is 0 Å². The molecule has 1 aliphatic heterocycles. The highest BCUT2D eigenvalue weighted by atomic mass is 35.5. The van der Waals surface area contributed by atoms with Crippen molar-refractivity contribution in [1.29, 1.82) is 5.26 Å². The molecule has 1 saturated heterocycles. The second kappa shape index (κ2) is 12.6. The normalized spacial score (nSPS) is 16.4. The molecule has 2 aliphatic rings. The molecule has 0 unspecified atom stereocenters. The summed E-state index contributed by atoms with van der Waals surface area (Å²) < 4.78 is 32.7. The predicted molar refractivity (Wildman–Crippen MR) is 169 cm³/mol. The summed E-state index contributed by atoms with van der Waals surface area (Å²) >= 11 is 12.5. The minimum Gasteiger partial charge on any atom is -0.493 e. The topological polar surface area (TPSA) is 92.5 Å². The minimum absolute atomic E-state index is 0.0115. The number of benzene rings is 2. The molecule has 2 aromatic heterocycles. The lowest BCUT2D eigenvalue weighted by molar-refractivity contribution is -0.0248. The van der Waals surface area contributed by atoms with Gasteiger partial charge in [-0.25, -0.2) is 9.37 Å². The largest absolute Gasteiger partial charge is 0.493 e. The number of ether oxygens (including phenoxy) is 3. The van der Waals surface area contributed by atoms with Crippen LogP contribution in [0.2, 0.25) is 10.2 Å². The number of nitrogens with one attached hydrogen (secondary N) is 1. The Morgan fingerprint density at radius 2 is 1.89 bits per heavy atom. The first kappa shape index (κ1) is 30.2. The number of nitrogens with zero attached hydrogens (tertiary/aromatic N) is 4. The van der Waals surface area contributed by atoms with E-state index in [9.17, 15) is 5.26 Å². The summed E-state index contributed by atoms with van der Waals surface area (Å²) in [6.45, 7) is 2.95. The summed E-state index contributed by atoms with van der Waals surface area (Å²) in [5.74, 6) is 0.936. The van der Waals surface area contributed by atoms with E-state index in [1.807, 2.05) is 6.07 Å². The van der Waals surface area contributed by atoms with Crippen molar-refractivity contribution in [1.82, 2.24) is 14.9 Å². The molecule has 0 amide bonds. The molecule has 1 spiro atoms. The number of halogens is 3. The number of fused-ring (bicyclic) bond motifs is 1. The van der Waals surface area contributed by atoms with Gasteiger partial charge in [-0.1, -0.05) is 29.3 Å². The Kier molecular flexibility index (Phi) is 8.68. The van der Waals surface area contributed by atoms with Gasteiger partial charge < -0.3 is 24.4 Å². The van der Waals surface area contributed by atoms with Crippen LogP contribution in [0, 0.1) is 28.5 Å². The first-order valence-corrected chi connectivity index (χ1v) is 15.2. The number of hydrogen-bond acceptors (Lipinski definition) is 8. The van der Waals surface area contributed by atoms with E-state index in [1.54, 1.807) is 31.4 Å². The van der Waals surface area contributed by atoms with E-state index < -0.39 is 5.82 Å². The zero-order chi connectivity index (χ0) is 30.8. The zero-order valence-electron chi connectivity index (χ0n) is 24.5. The number of anilines is 2. The number of pyridine rings is 2. The number of methoxy groups -OCH3 is 1. The number of piperidine rings is 1. The number of aromatic nitrogens is 2. The van der Waals surface area contributed by atoms with Crippen molar-refractivity contribution in [3.8, 4) is 23.3 Å². The average molecular weight is 637 g/mol. The minimum atomic E-state index is -0.637.